The Morgan fingerprint density at radius 3 is 2.64 bits per heavy atom. The van der Waals surface area contributed by atoms with Crippen LogP contribution in [0.3, 0.4) is 0 Å². The minimum absolute atomic E-state index is 0.0305. The first-order chi connectivity index (χ1) is 12.1. The number of nitrogens with zero attached hydrogens (tertiary/aromatic N) is 1. The van der Waals surface area contributed by atoms with Gasteiger partial charge in [0.25, 0.3) is 11.8 Å². The molecule has 130 valence electrons. The predicted molar refractivity (Wildman–Crippen MR) is 93.6 cm³/mol. The van der Waals surface area contributed by atoms with Gasteiger partial charge in [-0.3, -0.25) is 9.59 Å². The molecule has 0 spiro atoms. The number of fused-ring (bicyclic) bond motifs is 1. The fraction of sp³-hybridized carbons (Fsp3) is 0.368. The van der Waals surface area contributed by atoms with Gasteiger partial charge in [0.05, 0.1) is 6.26 Å². The van der Waals surface area contributed by atoms with Crippen LogP contribution in [0.2, 0.25) is 0 Å². The molecule has 0 radical (unpaired) electrons. The zero-order valence-corrected chi connectivity index (χ0v) is 14.1. The largest absolute Gasteiger partial charge is 0.459 e. The molecule has 2 saturated heterocycles. The van der Waals surface area contributed by atoms with Gasteiger partial charge in [-0.05, 0) is 48.6 Å². The third-order valence-electron chi connectivity index (χ3n) is 5.15. The molecule has 0 aliphatic carbocycles. The molecule has 3 heterocycles. The molecule has 6 heteroatoms. The summed E-state index contributed by atoms with van der Waals surface area (Å²) in [6.45, 7) is 5.49. The van der Waals surface area contributed by atoms with Crippen LogP contribution in [-0.2, 0) is 0 Å². The van der Waals surface area contributed by atoms with E-state index < -0.39 is 0 Å². The van der Waals surface area contributed by atoms with Crippen molar-refractivity contribution < 1.29 is 14.0 Å². The molecule has 25 heavy (non-hydrogen) atoms. The number of carbonyl (C=O) groups excluding carboxylic acids is 2. The number of anilines is 1. The van der Waals surface area contributed by atoms with E-state index in [9.17, 15) is 9.59 Å². The van der Waals surface area contributed by atoms with Crippen LogP contribution in [0.15, 0.2) is 41.0 Å². The number of hydrogen-bond acceptors (Lipinski definition) is 4. The highest BCUT2D eigenvalue weighted by Crippen LogP contribution is 2.28. The highest BCUT2D eigenvalue weighted by atomic mass is 16.3. The van der Waals surface area contributed by atoms with E-state index in [1.165, 1.54) is 6.26 Å². The molecule has 0 saturated carbocycles. The molecule has 0 bridgehead atoms. The summed E-state index contributed by atoms with van der Waals surface area (Å²) in [6.07, 6.45) is 1.46. The van der Waals surface area contributed by atoms with Gasteiger partial charge in [0.1, 0.15) is 0 Å². The van der Waals surface area contributed by atoms with E-state index >= 15 is 0 Å². The molecule has 1 aromatic heterocycles. The first-order valence-corrected chi connectivity index (χ1v) is 8.57. The van der Waals surface area contributed by atoms with Crippen LogP contribution >= 0.6 is 0 Å². The summed E-state index contributed by atoms with van der Waals surface area (Å²) >= 11 is 0. The number of aryl methyl sites for hydroxylation is 1. The first kappa shape index (κ1) is 15.9. The minimum atomic E-state index is -0.320. The highest BCUT2D eigenvalue weighted by Gasteiger charge is 2.38. The lowest BCUT2D eigenvalue weighted by atomic mass is 10.0. The maximum Gasteiger partial charge on any atom is 0.291 e. The molecule has 2 N–H and O–H groups in total. The van der Waals surface area contributed by atoms with Crippen molar-refractivity contribution in [1.82, 2.24) is 10.2 Å². The lowest BCUT2D eigenvalue weighted by Gasteiger charge is -2.18. The number of amides is 2. The van der Waals surface area contributed by atoms with Crippen LogP contribution in [-0.4, -0.2) is 42.9 Å². The van der Waals surface area contributed by atoms with Crippen molar-refractivity contribution in [2.24, 2.45) is 11.8 Å². The van der Waals surface area contributed by atoms with Crippen molar-refractivity contribution in [2.75, 3.05) is 31.5 Å². The van der Waals surface area contributed by atoms with Gasteiger partial charge in [0.15, 0.2) is 5.76 Å². The number of hydrogen-bond donors (Lipinski definition) is 2. The topological polar surface area (TPSA) is 74.6 Å². The number of likely N-dealkylation sites (tertiary alicyclic amines) is 1. The second-order valence-electron chi connectivity index (χ2n) is 6.85. The van der Waals surface area contributed by atoms with Crippen LogP contribution < -0.4 is 10.6 Å². The van der Waals surface area contributed by atoms with E-state index in [1.54, 1.807) is 18.2 Å². The fourth-order valence-electron chi connectivity index (χ4n) is 3.69. The molecule has 2 aliphatic rings. The second kappa shape index (κ2) is 6.37. The van der Waals surface area contributed by atoms with E-state index in [0.717, 1.165) is 31.7 Å². The molecular formula is C19H21N3O3. The van der Waals surface area contributed by atoms with Crippen LogP contribution in [0.25, 0.3) is 0 Å². The smallest absolute Gasteiger partial charge is 0.291 e. The average molecular weight is 339 g/mol. The summed E-state index contributed by atoms with van der Waals surface area (Å²) in [6, 6.07) is 8.72. The van der Waals surface area contributed by atoms with Gasteiger partial charge in [-0.2, -0.15) is 0 Å². The third kappa shape index (κ3) is 3.05. The van der Waals surface area contributed by atoms with Gasteiger partial charge in [-0.15, -0.1) is 0 Å². The van der Waals surface area contributed by atoms with Gasteiger partial charge in [0.2, 0.25) is 0 Å². The highest BCUT2D eigenvalue weighted by molar-refractivity contribution is 6.04. The average Bonchev–Trinajstić information content (AvgIpc) is 3.33. The van der Waals surface area contributed by atoms with Crippen molar-refractivity contribution in [3.8, 4) is 0 Å². The second-order valence-corrected chi connectivity index (χ2v) is 6.85. The Hall–Kier alpha value is -2.60. The SMILES string of the molecule is Cc1ccc(C(=O)N2C[C@H]3CNC[C@H]3C2)cc1NC(=O)c1ccco1. The van der Waals surface area contributed by atoms with Gasteiger partial charge < -0.3 is 20.0 Å². The Kier molecular flexibility index (Phi) is 4.05. The maximum absolute atomic E-state index is 12.8. The quantitative estimate of drug-likeness (QED) is 0.898. The molecule has 1 aromatic carbocycles. The van der Waals surface area contributed by atoms with Crippen molar-refractivity contribution in [3.05, 3.63) is 53.5 Å². The summed E-state index contributed by atoms with van der Waals surface area (Å²) in [4.78, 5) is 26.9. The van der Waals surface area contributed by atoms with Gasteiger partial charge in [-0.1, -0.05) is 6.07 Å². The summed E-state index contributed by atoms with van der Waals surface area (Å²) in [5.74, 6) is 1.08. The molecule has 2 amide bonds. The van der Waals surface area contributed by atoms with E-state index in [0.29, 0.717) is 23.1 Å². The van der Waals surface area contributed by atoms with E-state index in [2.05, 4.69) is 10.6 Å². The Balaban J connectivity index is 1.51. The van der Waals surface area contributed by atoms with E-state index in [-0.39, 0.29) is 17.6 Å². The van der Waals surface area contributed by atoms with Crippen molar-refractivity contribution in [1.29, 1.82) is 0 Å². The first-order valence-electron chi connectivity index (χ1n) is 8.57. The minimum Gasteiger partial charge on any atom is -0.459 e. The number of carbonyl (C=O) groups is 2. The molecule has 2 atom stereocenters. The molecular weight excluding hydrogens is 318 g/mol. The van der Waals surface area contributed by atoms with Crippen LogP contribution in [0.5, 0.6) is 0 Å². The van der Waals surface area contributed by atoms with Crippen molar-refractivity contribution in [3.63, 3.8) is 0 Å². The lowest BCUT2D eigenvalue weighted by molar-refractivity contribution is 0.0781. The molecule has 6 nitrogen and oxygen atoms in total. The standard InChI is InChI=1S/C19H21N3O3/c1-12-4-5-13(7-16(12)21-18(23)17-3-2-6-25-17)19(24)22-10-14-8-20-9-15(14)11-22/h2-7,14-15,20H,8-11H2,1H3,(H,21,23)/t14-,15+. The van der Waals surface area contributed by atoms with Gasteiger partial charge >= 0.3 is 0 Å². The molecule has 2 aromatic rings. The zero-order chi connectivity index (χ0) is 17.4. The Morgan fingerprint density at radius 2 is 1.96 bits per heavy atom. The zero-order valence-electron chi connectivity index (χ0n) is 14.1. The summed E-state index contributed by atoms with van der Waals surface area (Å²) < 4.78 is 5.12. The summed E-state index contributed by atoms with van der Waals surface area (Å²) in [7, 11) is 0. The number of nitrogens with one attached hydrogen (secondary N) is 2. The monoisotopic (exact) mass is 339 g/mol. The van der Waals surface area contributed by atoms with Gasteiger partial charge in [0, 0.05) is 37.4 Å². The van der Waals surface area contributed by atoms with E-state index in [1.807, 2.05) is 24.0 Å². The van der Waals surface area contributed by atoms with E-state index in [4.69, 9.17) is 4.42 Å². The lowest BCUT2D eigenvalue weighted by Crippen LogP contribution is -2.32. The molecule has 4 rings (SSSR count). The molecule has 0 unspecified atom stereocenters. The van der Waals surface area contributed by atoms with Gasteiger partial charge in [-0.25, -0.2) is 0 Å². The number of benzene rings is 1. The molecule has 2 aliphatic heterocycles. The van der Waals surface area contributed by atoms with Crippen LogP contribution in [0, 0.1) is 18.8 Å². The third-order valence-corrected chi connectivity index (χ3v) is 5.15. The maximum atomic E-state index is 12.8. The van der Waals surface area contributed by atoms with Crippen molar-refractivity contribution >= 4 is 17.5 Å². The molecule has 2 fully saturated rings. The number of rotatable bonds is 3. The van der Waals surface area contributed by atoms with Crippen LogP contribution in [0.1, 0.15) is 26.5 Å². The Bertz CT molecular complexity index is 788. The Morgan fingerprint density at radius 1 is 1.20 bits per heavy atom. The predicted octanol–water partition coefficient (Wildman–Crippen LogP) is 2.13. The van der Waals surface area contributed by atoms with Crippen molar-refractivity contribution in [2.45, 2.75) is 6.92 Å². The number of furan rings is 1. The Labute approximate surface area is 146 Å². The summed E-state index contributed by atoms with van der Waals surface area (Å²) in [5, 5.41) is 6.21. The summed E-state index contributed by atoms with van der Waals surface area (Å²) in [5.41, 5.74) is 2.14. The van der Waals surface area contributed by atoms with Crippen LogP contribution in [0.4, 0.5) is 5.69 Å². The fourth-order valence-corrected chi connectivity index (χ4v) is 3.69. The normalized spacial score (nSPS) is 22.0.